The smallest absolute Gasteiger partial charge is 0.221 e. The SMILES string of the molecule is CCCN(CCC)S(=O)(=O)CCC(=O)N[C@@H](Cc1cc(F)cc(OCc2ccccc2)c1)[C@@H](O)CNCc1ccccc1. The first kappa shape index (κ1) is 34.2. The maximum Gasteiger partial charge on any atom is 0.221 e. The third kappa shape index (κ3) is 12.1. The van der Waals surface area contributed by atoms with E-state index in [2.05, 4.69) is 10.6 Å². The topological polar surface area (TPSA) is 108 Å². The van der Waals surface area contributed by atoms with Crippen LogP contribution in [-0.4, -0.2) is 61.3 Å². The Bertz CT molecular complexity index is 1350. The van der Waals surface area contributed by atoms with Crippen molar-refractivity contribution in [2.24, 2.45) is 0 Å². The number of hydrogen-bond donors (Lipinski definition) is 3. The summed E-state index contributed by atoms with van der Waals surface area (Å²) in [5.74, 6) is -0.995. The molecule has 3 aromatic carbocycles. The van der Waals surface area contributed by atoms with Crippen molar-refractivity contribution < 1.29 is 27.4 Å². The zero-order valence-electron chi connectivity index (χ0n) is 25.0. The molecule has 3 aromatic rings. The van der Waals surface area contributed by atoms with Gasteiger partial charge >= 0.3 is 0 Å². The molecule has 0 saturated heterocycles. The van der Waals surface area contributed by atoms with E-state index in [1.165, 1.54) is 16.4 Å². The second-order valence-corrected chi connectivity index (χ2v) is 12.7. The third-order valence-corrected chi connectivity index (χ3v) is 8.77. The van der Waals surface area contributed by atoms with Gasteiger partial charge in [0.15, 0.2) is 0 Å². The van der Waals surface area contributed by atoms with Crippen molar-refractivity contribution in [3.05, 3.63) is 101 Å². The Morgan fingerprint density at radius 1 is 0.930 bits per heavy atom. The predicted molar refractivity (Wildman–Crippen MR) is 168 cm³/mol. The minimum atomic E-state index is -3.61. The number of nitrogens with zero attached hydrogens (tertiary/aromatic N) is 1. The van der Waals surface area contributed by atoms with Crippen LogP contribution in [0.4, 0.5) is 4.39 Å². The van der Waals surface area contributed by atoms with Gasteiger partial charge < -0.3 is 20.5 Å². The lowest BCUT2D eigenvalue weighted by molar-refractivity contribution is -0.122. The predicted octanol–water partition coefficient (Wildman–Crippen LogP) is 4.42. The molecule has 0 unspecified atom stereocenters. The second-order valence-electron chi connectivity index (χ2n) is 10.6. The number of amides is 1. The minimum Gasteiger partial charge on any atom is -0.489 e. The van der Waals surface area contributed by atoms with Crippen LogP contribution in [0.5, 0.6) is 5.75 Å². The summed E-state index contributed by atoms with van der Waals surface area (Å²) in [6.45, 7) is 5.56. The summed E-state index contributed by atoms with van der Waals surface area (Å²) in [5, 5.41) is 17.1. The number of aliphatic hydroxyl groups excluding tert-OH is 1. The monoisotopic (exact) mass is 613 g/mol. The van der Waals surface area contributed by atoms with E-state index in [9.17, 15) is 22.7 Å². The van der Waals surface area contributed by atoms with Crippen LogP contribution in [0, 0.1) is 5.82 Å². The molecule has 0 fully saturated rings. The van der Waals surface area contributed by atoms with Crippen LogP contribution in [0.1, 0.15) is 49.8 Å². The standard InChI is InChI=1S/C33H44FN3O5S/c1-3-16-37(17-4-2)43(40,41)18-15-33(39)36-31(32(38)24-35-23-26-11-7-5-8-12-26)21-28-19-29(34)22-30(20-28)42-25-27-13-9-6-10-14-27/h5-14,19-20,22,31-32,35,38H,3-4,15-18,21,23-25H2,1-2H3,(H,36,39)/t31-,32-/m0/s1. The number of carbonyl (C=O) groups is 1. The van der Waals surface area contributed by atoms with Crippen molar-refractivity contribution in [2.75, 3.05) is 25.4 Å². The van der Waals surface area contributed by atoms with Crippen molar-refractivity contribution in [2.45, 2.75) is 64.8 Å². The van der Waals surface area contributed by atoms with E-state index in [1.54, 1.807) is 6.07 Å². The molecule has 2 atom stereocenters. The van der Waals surface area contributed by atoms with Crippen molar-refractivity contribution in [3.8, 4) is 5.75 Å². The number of ether oxygens (including phenoxy) is 1. The van der Waals surface area contributed by atoms with Crippen molar-refractivity contribution in [1.82, 2.24) is 14.9 Å². The van der Waals surface area contributed by atoms with Crippen LogP contribution in [0.3, 0.4) is 0 Å². The van der Waals surface area contributed by atoms with Crippen molar-refractivity contribution in [3.63, 3.8) is 0 Å². The highest BCUT2D eigenvalue weighted by atomic mass is 32.2. The molecule has 3 rings (SSSR count). The molecule has 234 valence electrons. The van der Waals surface area contributed by atoms with Gasteiger partial charge in [0.05, 0.1) is 17.9 Å². The van der Waals surface area contributed by atoms with Crippen LogP contribution >= 0.6 is 0 Å². The maximum atomic E-state index is 14.6. The number of halogens is 1. The van der Waals surface area contributed by atoms with Gasteiger partial charge in [0.2, 0.25) is 15.9 Å². The summed E-state index contributed by atoms with van der Waals surface area (Å²) < 4.78 is 47.6. The number of benzene rings is 3. The van der Waals surface area contributed by atoms with Crippen LogP contribution in [0.2, 0.25) is 0 Å². The highest BCUT2D eigenvalue weighted by Crippen LogP contribution is 2.20. The Hall–Kier alpha value is -3.31. The molecule has 8 nitrogen and oxygen atoms in total. The third-order valence-electron chi connectivity index (χ3n) is 6.90. The Labute approximate surface area is 255 Å². The molecule has 0 radical (unpaired) electrons. The Balaban J connectivity index is 1.70. The van der Waals surface area contributed by atoms with Crippen LogP contribution < -0.4 is 15.4 Å². The molecule has 0 bridgehead atoms. The van der Waals surface area contributed by atoms with Gasteiger partial charge in [-0.1, -0.05) is 74.5 Å². The zero-order chi connectivity index (χ0) is 31.1. The molecule has 0 aromatic heterocycles. The Kier molecular flexibility index (Phi) is 14.1. The molecule has 1 amide bonds. The summed E-state index contributed by atoms with van der Waals surface area (Å²) in [6.07, 6.45) is 0.199. The molecule has 0 aliphatic rings. The summed E-state index contributed by atoms with van der Waals surface area (Å²) in [7, 11) is -3.61. The number of rotatable bonds is 19. The average Bonchev–Trinajstić information content (AvgIpc) is 2.99. The van der Waals surface area contributed by atoms with Gasteiger partial charge in [-0.3, -0.25) is 4.79 Å². The molecule has 10 heteroatoms. The molecule has 0 heterocycles. The summed E-state index contributed by atoms with van der Waals surface area (Å²) >= 11 is 0. The van der Waals surface area contributed by atoms with Gasteiger partial charge in [-0.05, 0) is 48.1 Å². The highest BCUT2D eigenvalue weighted by molar-refractivity contribution is 7.89. The summed E-state index contributed by atoms with van der Waals surface area (Å²) in [6, 6.07) is 22.7. The van der Waals surface area contributed by atoms with Gasteiger partial charge in [0, 0.05) is 38.7 Å². The number of aliphatic hydroxyl groups is 1. The van der Waals surface area contributed by atoms with Gasteiger partial charge in [-0.25, -0.2) is 17.1 Å². The van der Waals surface area contributed by atoms with Gasteiger partial charge in [0.25, 0.3) is 0 Å². The molecule has 0 aliphatic carbocycles. The number of nitrogens with one attached hydrogen (secondary N) is 2. The van der Waals surface area contributed by atoms with E-state index in [0.717, 1.165) is 11.1 Å². The average molecular weight is 614 g/mol. The van der Waals surface area contributed by atoms with E-state index < -0.39 is 33.9 Å². The van der Waals surface area contributed by atoms with E-state index in [0.29, 0.717) is 43.8 Å². The molecule has 0 spiro atoms. The first-order valence-electron chi connectivity index (χ1n) is 14.9. The normalized spacial score (nSPS) is 13.0. The van der Waals surface area contributed by atoms with Gasteiger partial charge in [0.1, 0.15) is 18.2 Å². The lowest BCUT2D eigenvalue weighted by Crippen LogP contribution is -2.49. The van der Waals surface area contributed by atoms with Crippen LogP contribution in [0.25, 0.3) is 0 Å². The maximum absolute atomic E-state index is 14.6. The van der Waals surface area contributed by atoms with E-state index in [-0.39, 0.29) is 31.7 Å². The first-order valence-corrected chi connectivity index (χ1v) is 16.5. The molecular weight excluding hydrogens is 569 g/mol. The number of hydrogen-bond acceptors (Lipinski definition) is 6. The number of carbonyl (C=O) groups excluding carboxylic acids is 1. The van der Waals surface area contributed by atoms with Crippen molar-refractivity contribution in [1.29, 1.82) is 0 Å². The van der Waals surface area contributed by atoms with E-state index in [1.807, 2.05) is 74.5 Å². The fourth-order valence-electron chi connectivity index (χ4n) is 4.72. The van der Waals surface area contributed by atoms with Crippen LogP contribution in [-0.2, 0) is 34.4 Å². The summed E-state index contributed by atoms with van der Waals surface area (Å²) in [4.78, 5) is 13.0. The Morgan fingerprint density at radius 3 is 2.19 bits per heavy atom. The highest BCUT2D eigenvalue weighted by Gasteiger charge is 2.25. The number of sulfonamides is 1. The van der Waals surface area contributed by atoms with Gasteiger partial charge in [-0.15, -0.1) is 0 Å². The van der Waals surface area contributed by atoms with Crippen molar-refractivity contribution >= 4 is 15.9 Å². The largest absolute Gasteiger partial charge is 0.489 e. The Morgan fingerprint density at radius 2 is 1.56 bits per heavy atom. The lowest BCUT2D eigenvalue weighted by Gasteiger charge is -2.26. The molecule has 3 N–H and O–H groups in total. The molecule has 43 heavy (non-hydrogen) atoms. The minimum absolute atomic E-state index is 0.115. The van der Waals surface area contributed by atoms with E-state index >= 15 is 0 Å². The zero-order valence-corrected chi connectivity index (χ0v) is 25.9. The molecule has 0 saturated carbocycles. The van der Waals surface area contributed by atoms with E-state index in [4.69, 9.17) is 4.74 Å². The summed E-state index contributed by atoms with van der Waals surface area (Å²) in [5.41, 5.74) is 2.50. The second kappa shape index (κ2) is 17.7. The fourth-order valence-corrected chi connectivity index (χ4v) is 6.34. The molecular formula is C33H44FN3O5S. The first-order chi connectivity index (χ1) is 20.7. The quantitative estimate of drug-likeness (QED) is 0.185. The lowest BCUT2D eigenvalue weighted by atomic mass is 10.00. The van der Waals surface area contributed by atoms with Crippen LogP contribution in [0.15, 0.2) is 78.9 Å². The van der Waals surface area contributed by atoms with Gasteiger partial charge in [-0.2, -0.15) is 0 Å². The molecule has 0 aliphatic heterocycles. The fraction of sp³-hybridized carbons (Fsp3) is 0.424.